The highest BCUT2D eigenvalue weighted by atomic mass is 16.5. The summed E-state index contributed by atoms with van der Waals surface area (Å²) in [6.45, 7) is 0.849. The minimum atomic E-state index is -1.91. The molecule has 1 amide bonds. The number of esters is 1. The minimum absolute atomic E-state index is 0.181. The van der Waals surface area contributed by atoms with Crippen molar-refractivity contribution in [2.75, 3.05) is 25.7 Å². The number of methoxy groups -OCH3 is 2. The molecule has 1 atom stereocenters. The number of amides is 1. The lowest BCUT2D eigenvalue weighted by atomic mass is 10.1. The van der Waals surface area contributed by atoms with Crippen LogP contribution < -0.4 is 9.64 Å². The van der Waals surface area contributed by atoms with Crippen LogP contribution in [0.3, 0.4) is 0 Å². The molecule has 0 saturated heterocycles. The van der Waals surface area contributed by atoms with Gasteiger partial charge in [-0.05, 0) is 25.1 Å². The van der Waals surface area contributed by atoms with Crippen LogP contribution in [0.25, 0.3) is 0 Å². The Hall–Kier alpha value is -2.41. The van der Waals surface area contributed by atoms with Gasteiger partial charge in [0.15, 0.2) is 5.60 Å². The van der Waals surface area contributed by atoms with Gasteiger partial charge in [-0.15, -0.1) is 0 Å². The highest BCUT2D eigenvalue weighted by Crippen LogP contribution is 2.33. The number of nitrogens with zero attached hydrogens (tertiary/aromatic N) is 1. The fourth-order valence-corrected chi connectivity index (χ4v) is 2.16. The Morgan fingerprint density at radius 2 is 2.00 bits per heavy atom. The van der Waals surface area contributed by atoms with Gasteiger partial charge in [0, 0.05) is 0 Å². The average Bonchev–Trinajstić information content (AvgIpc) is 2.70. The van der Waals surface area contributed by atoms with Gasteiger partial charge in [-0.25, -0.2) is 4.79 Å². The molecule has 0 spiro atoms. The molecular formula is C14H15NO6. The number of benzene rings is 1. The van der Waals surface area contributed by atoms with Crippen molar-refractivity contribution in [1.82, 2.24) is 0 Å². The lowest BCUT2D eigenvalue weighted by molar-refractivity contribution is -0.159. The highest BCUT2D eigenvalue weighted by molar-refractivity contribution is 6.52. The second-order valence-electron chi connectivity index (χ2n) is 4.87. The number of aliphatic hydroxyl groups is 1. The average molecular weight is 293 g/mol. The molecule has 0 radical (unpaired) electrons. The van der Waals surface area contributed by atoms with Crippen LogP contribution in [0, 0.1) is 0 Å². The summed E-state index contributed by atoms with van der Waals surface area (Å²) < 4.78 is 9.49. The molecule has 0 aliphatic carbocycles. The van der Waals surface area contributed by atoms with E-state index in [1.54, 1.807) is 6.07 Å². The van der Waals surface area contributed by atoms with Crippen LogP contribution in [0.5, 0.6) is 5.75 Å². The van der Waals surface area contributed by atoms with E-state index in [1.807, 2.05) is 0 Å². The van der Waals surface area contributed by atoms with Crippen molar-refractivity contribution in [3.8, 4) is 5.75 Å². The summed E-state index contributed by atoms with van der Waals surface area (Å²) >= 11 is 0. The highest BCUT2D eigenvalue weighted by Gasteiger charge is 2.42. The molecule has 7 nitrogen and oxygen atoms in total. The number of rotatable bonds is 4. The Morgan fingerprint density at radius 3 is 2.57 bits per heavy atom. The molecular weight excluding hydrogens is 278 g/mol. The summed E-state index contributed by atoms with van der Waals surface area (Å²) in [4.78, 5) is 36.5. The summed E-state index contributed by atoms with van der Waals surface area (Å²) in [6, 6.07) is 4.57. The Bertz CT molecular complexity index is 622. The Kier molecular flexibility index (Phi) is 3.69. The normalized spacial score (nSPS) is 16.5. The lowest BCUT2D eigenvalue weighted by Crippen LogP contribution is -2.49. The maximum absolute atomic E-state index is 12.0. The van der Waals surface area contributed by atoms with Crippen LogP contribution in [0.2, 0.25) is 0 Å². The van der Waals surface area contributed by atoms with Crippen LogP contribution >= 0.6 is 0 Å². The molecule has 1 aliphatic rings. The van der Waals surface area contributed by atoms with Crippen LogP contribution in [0.4, 0.5) is 5.69 Å². The van der Waals surface area contributed by atoms with E-state index in [2.05, 4.69) is 4.74 Å². The number of ether oxygens (including phenoxy) is 2. The number of ketones is 1. The van der Waals surface area contributed by atoms with E-state index in [9.17, 15) is 19.5 Å². The molecule has 1 aromatic rings. The third-order valence-electron chi connectivity index (χ3n) is 3.27. The maximum atomic E-state index is 12.0. The Balaban J connectivity index is 2.38. The van der Waals surface area contributed by atoms with Gasteiger partial charge in [-0.3, -0.25) is 9.59 Å². The number of β-amino-alcohol motifs (C(OH)–C–C–N with tert-alkyl or cyclic N) is 1. The van der Waals surface area contributed by atoms with Crippen LogP contribution in [-0.4, -0.2) is 49.1 Å². The fourth-order valence-electron chi connectivity index (χ4n) is 2.16. The van der Waals surface area contributed by atoms with Crippen molar-refractivity contribution in [3.05, 3.63) is 23.8 Å². The lowest BCUT2D eigenvalue weighted by Gasteiger charge is -2.26. The number of carbonyl (C=O) groups is 3. The molecule has 2 rings (SSSR count). The Labute approximate surface area is 121 Å². The fraction of sp³-hybridized carbons (Fsp3) is 0.357. The molecule has 0 fully saturated rings. The van der Waals surface area contributed by atoms with Gasteiger partial charge in [0.05, 0.1) is 32.0 Å². The quantitative estimate of drug-likeness (QED) is 0.627. The van der Waals surface area contributed by atoms with E-state index >= 15 is 0 Å². The first-order valence-electron chi connectivity index (χ1n) is 6.17. The summed E-state index contributed by atoms with van der Waals surface area (Å²) in [7, 11) is 2.58. The minimum Gasteiger partial charge on any atom is -0.497 e. The van der Waals surface area contributed by atoms with Gasteiger partial charge in [-0.1, -0.05) is 0 Å². The molecule has 1 aromatic carbocycles. The number of anilines is 1. The number of carbonyl (C=O) groups excluding carboxylic acids is 3. The van der Waals surface area contributed by atoms with E-state index in [0.717, 1.165) is 12.0 Å². The van der Waals surface area contributed by atoms with E-state index in [1.165, 1.54) is 26.2 Å². The summed E-state index contributed by atoms with van der Waals surface area (Å²) in [5, 5.41) is 10.1. The molecule has 0 aromatic heterocycles. The van der Waals surface area contributed by atoms with Crippen molar-refractivity contribution in [1.29, 1.82) is 0 Å². The van der Waals surface area contributed by atoms with E-state index in [-0.39, 0.29) is 12.1 Å². The monoisotopic (exact) mass is 293 g/mol. The second-order valence-corrected chi connectivity index (χ2v) is 4.87. The van der Waals surface area contributed by atoms with E-state index in [4.69, 9.17) is 4.74 Å². The van der Waals surface area contributed by atoms with Crippen LogP contribution in [0.15, 0.2) is 18.2 Å². The number of hydrogen-bond acceptors (Lipinski definition) is 6. The number of fused-ring (bicyclic) bond motifs is 1. The first-order valence-corrected chi connectivity index (χ1v) is 6.17. The summed E-state index contributed by atoms with van der Waals surface area (Å²) in [5.41, 5.74) is -1.40. The SMILES string of the molecule is COC(=O)C(C)(O)CN1C(=O)C(=O)c2cc(OC)ccc21. The largest absolute Gasteiger partial charge is 0.497 e. The van der Waals surface area contributed by atoms with Crippen molar-refractivity contribution in [2.24, 2.45) is 0 Å². The summed E-state index contributed by atoms with van der Waals surface area (Å²) in [5.74, 6) is -1.95. The zero-order valence-corrected chi connectivity index (χ0v) is 11.9. The van der Waals surface area contributed by atoms with Crippen molar-refractivity contribution >= 4 is 23.3 Å². The van der Waals surface area contributed by atoms with Crippen molar-refractivity contribution < 1.29 is 29.0 Å². The molecule has 1 unspecified atom stereocenters. The molecule has 1 N–H and O–H groups in total. The first-order chi connectivity index (χ1) is 9.81. The molecule has 0 saturated carbocycles. The third-order valence-corrected chi connectivity index (χ3v) is 3.27. The first kappa shape index (κ1) is 15.0. The predicted molar refractivity (Wildman–Crippen MR) is 72.3 cm³/mol. The van der Waals surface area contributed by atoms with Gasteiger partial charge in [0.1, 0.15) is 5.75 Å². The molecule has 1 heterocycles. The van der Waals surface area contributed by atoms with Gasteiger partial charge in [-0.2, -0.15) is 0 Å². The van der Waals surface area contributed by atoms with Crippen LogP contribution in [0.1, 0.15) is 17.3 Å². The smallest absolute Gasteiger partial charge is 0.339 e. The molecule has 7 heteroatoms. The van der Waals surface area contributed by atoms with Crippen molar-refractivity contribution in [2.45, 2.75) is 12.5 Å². The maximum Gasteiger partial charge on any atom is 0.339 e. The summed E-state index contributed by atoms with van der Waals surface area (Å²) in [6.07, 6.45) is 0. The van der Waals surface area contributed by atoms with Gasteiger partial charge in [0.25, 0.3) is 11.7 Å². The zero-order valence-electron chi connectivity index (χ0n) is 11.9. The van der Waals surface area contributed by atoms with Crippen molar-refractivity contribution in [3.63, 3.8) is 0 Å². The van der Waals surface area contributed by atoms with Gasteiger partial charge in [0.2, 0.25) is 0 Å². The van der Waals surface area contributed by atoms with E-state index < -0.39 is 23.3 Å². The number of hydrogen-bond donors (Lipinski definition) is 1. The van der Waals surface area contributed by atoms with Gasteiger partial charge < -0.3 is 19.5 Å². The van der Waals surface area contributed by atoms with Crippen LogP contribution in [-0.2, 0) is 14.3 Å². The Morgan fingerprint density at radius 1 is 1.33 bits per heavy atom. The second kappa shape index (κ2) is 5.17. The van der Waals surface area contributed by atoms with Gasteiger partial charge >= 0.3 is 5.97 Å². The molecule has 1 aliphatic heterocycles. The predicted octanol–water partition coefficient (Wildman–Crippen LogP) is 0.148. The molecule has 21 heavy (non-hydrogen) atoms. The number of Topliss-reactive ketones (excluding diaryl/α,β-unsaturated/α-hetero) is 1. The standard InChI is InChI=1S/C14H15NO6/c1-14(19,13(18)21-3)7-15-10-5-4-8(20-2)6-9(10)11(16)12(15)17/h4-6,19H,7H2,1-3H3. The topological polar surface area (TPSA) is 93.1 Å². The molecule has 112 valence electrons. The molecule has 0 bridgehead atoms. The zero-order chi connectivity index (χ0) is 15.8. The van der Waals surface area contributed by atoms with E-state index in [0.29, 0.717) is 11.4 Å². The third kappa shape index (κ3) is 2.47.